The van der Waals surface area contributed by atoms with Crippen molar-refractivity contribution in [2.75, 3.05) is 5.73 Å². The lowest BCUT2D eigenvalue weighted by Crippen LogP contribution is -2.02. The summed E-state index contributed by atoms with van der Waals surface area (Å²) in [6.45, 7) is 0. The maximum atomic E-state index is 13.7. The van der Waals surface area contributed by atoms with Gasteiger partial charge in [0.2, 0.25) is 0 Å². The molecular formula is C13H11BrFNOS. The van der Waals surface area contributed by atoms with E-state index in [4.69, 9.17) is 5.73 Å². The van der Waals surface area contributed by atoms with Gasteiger partial charge in [-0.15, -0.1) is 0 Å². The highest BCUT2D eigenvalue weighted by molar-refractivity contribution is 9.10. The first-order valence-corrected chi connectivity index (χ1v) is 7.36. The van der Waals surface area contributed by atoms with E-state index >= 15 is 0 Å². The first-order valence-electron chi connectivity index (χ1n) is 5.25. The summed E-state index contributed by atoms with van der Waals surface area (Å²) in [5.74, 6) is -0.377. The second kappa shape index (κ2) is 5.63. The average Bonchev–Trinajstić information content (AvgIpc) is 2.35. The molecule has 0 aromatic heterocycles. The van der Waals surface area contributed by atoms with Crippen LogP contribution < -0.4 is 5.73 Å². The van der Waals surface area contributed by atoms with E-state index in [2.05, 4.69) is 15.9 Å². The Balaban J connectivity index is 2.27. The van der Waals surface area contributed by atoms with Crippen molar-refractivity contribution < 1.29 is 8.60 Å². The van der Waals surface area contributed by atoms with Gasteiger partial charge in [-0.1, -0.05) is 24.3 Å². The predicted molar refractivity (Wildman–Crippen MR) is 75.1 cm³/mol. The maximum Gasteiger partial charge on any atom is 0.150 e. The fourth-order valence-electron chi connectivity index (χ4n) is 1.56. The molecule has 0 saturated heterocycles. The van der Waals surface area contributed by atoms with Crippen LogP contribution >= 0.6 is 15.9 Å². The van der Waals surface area contributed by atoms with E-state index in [9.17, 15) is 8.60 Å². The first kappa shape index (κ1) is 13.2. The van der Waals surface area contributed by atoms with E-state index in [0.29, 0.717) is 10.5 Å². The van der Waals surface area contributed by atoms with E-state index in [1.807, 2.05) is 12.1 Å². The van der Waals surface area contributed by atoms with E-state index in [1.54, 1.807) is 24.3 Å². The van der Waals surface area contributed by atoms with Crippen molar-refractivity contribution >= 4 is 32.4 Å². The molecule has 2 aromatic carbocycles. The summed E-state index contributed by atoms with van der Waals surface area (Å²) in [6.07, 6.45) is 0. The quantitative estimate of drug-likeness (QED) is 0.877. The Kier molecular flexibility index (Phi) is 4.14. The number of nitrogens with two attached hydrogens (primary N) is 1. The van der Waals surface area contributed by atoms with Crippen molar-refractivity contribution in [3.8, 4) is 0 Å². The van der Waals surface area contributed by atoms with Gasteiger partial charge in [0, 0.05) is 10.0 Å². The lowest BCUT2D eigenvalue weighted by Gasteiger charge is -2.07. The lowest BCUT2D eigenvalue weighted by atomic mass is 10.2. The summed E-state index contributed by atoms with van der Waals surface area (Å²) in [4.78, 5) is 0.652. The fraction of sp³-hybridized carbons (Fsp3) is 0.0769. The molecule has 2 N–H and O–H groups in total. The van der Waals surface area contributed by atoms with E-state index in [1.165, 1.54) is 6.07 Å². The zero-order chi connectivity index (χ0) is 13.1. The number of hydrogen-bond donors (Lipinski definition) is 1. The molecule has 0 aliphatic heterocycles. The summed E-state index contributed by atoms with van der Waals surface area (Å²) >= 11 is 3.33. The monoisotopic (exact) mass is 327 g/mol. The number of halogens is 2. The summed E-state index contributed by atoms with van der Waals surface area (Å²) in [7, 11) is -1.31. The molecule has 1 unspecified atom stereocenters. The largest absolute Gasteiger partial charge is 0.396 e. The van der Waals surface area contributed by atoms with Crippen LogP contribution in [0.4, 0.5) is 10.1 Å². The second-order valence-electron chi connectivity index (χ2n) is 3.74. The Morgan fingerprint density at radius 2 is 1.89 bits per heavy atom. The van der Waals surface area contributed by atoms with Gasteiger partial charge in [-0.3, -0.25) is 4.21 Å². The minimum atomic E-state index is -1.31. The molecular weight excluding hydrogens is 317 g/mol. The third kappa shape index (κ3) is 2.79. The average molecular weight is 328 g/mol. The molecule has 2 nitrogen and oxygen atoms in total. The van der Waals surface area contributed by atoms with Gasteiger partial charge in [0.1, 0.15) is 5.82 Å². The number of rotatable bonds is 3. The summed E-state index contributed by atoms with van der Waals surface area (Å²) in [5.41, 5.74) is 5.93. The minimum absolute atomic E-state index is 0.0802. The van der Waals surface area contributed by atoms with Gasteiger partial charge in [-0.25, -0.2) is 4.39 Å². The molecule has 2 rings (SSSR count). The van der Waals surface area contributed by atoms with Crippen LogP contribution in [0, 0.1) is 5.82 Å². The van der Waals surface area contributed by atoms with Gasteiger partial charge in [0.05, 0.1) is 27.1 Å². The lowest BCUT2D eigenvalue weighted by molar-refractivity contribution is 0.620. The number of hydrogen-bond acceptors (Lipinski definition) is 2. The summed E-state index contributed by atoms with van der Waals surface area (Å²) < 4.78 is 26.6. The molecule has 94 valence electrons. The van der Waals surface area contributed by atoms with E-state index < -0.39 is 16.6 Å². The molecule has 0 fully saturated rings. The minimum Gasteiger partial charge on any atom is -0.396 e. The molecule has 0 saturated carbocycles. The molecule has 0 amide bonds. The molecule has 0 bridgehead atoms. The van der Waals surface area contributed by atoms with Crippen molar-refractivity contribution in [2.24, 2.45) is 0 Å². The highest BCUT2D eigenvalue weighted by Crippen LogP contribution is 2.23. The number of anilines is 1. The van der Waals surface area contributed by atoms with Crippen molar-refractivity contribution in [1.82, 2.24) is 0 Å². The van der Waals surface area contributed by atoms with Gasteiger partial charge in [-0.2, -0.15) is 0 Å². The predicted octanol–water partition coefficient (Wildman–Crippen LogP) is 3.48. The SMILES string of the molecule is Nc1cccc(CS(=O)c2ccccc2Br)c1F. The van der Waals surface area contributed by atoms with Crippen LogP contribution in [0.1, 0.15) is 5.56 Å². The molecule has 18 heavy (non-hydrogen) atoms. The number of benzene rings is 2. The molecule has 0 heterocycles. The molecule has 1 atom stereocenters. The Labute approximate surface area is 116 Å². The highest BCUT2D eigenvalue weighted by atomic mass is 79.9. The fourth-order valence-corrected chi connectivity index (χ4v) is 3.56. The van der Waals surface area contributed by atoms with Crippen molar-refractivity contribution in [3.63, 3.8) is 0 Å². The molecule has 5 heteroatoms. The Morgan fingerprint density at radius 3 is 2.61 bits per heavy atom. The second-order valence-corrected chi connectivity index (χ2v) is 6.01. The van der Waals surface area contributed by atoms with Crippen LogP contribution in [0.15, 0.2) is 51.8 Å². The molecule has 0 radical (unpaired) electrons. The molecule has 0 spiro atoms. The third-order valence-corrected chi connectivity index (χ3v) is 4.85. The third-order valence-electron chi connectivity index (χ3n) is 2.48. The highest BCUT2D eigenvalue weighted by Gasteiger charge is 2.12. The molecule has 0 aliphatic carbocycles. The van der Waals surface area contributed by atoms with Gasteiger partial charge in [0.25, 0.3) is 0 Å². The van der Waals surface area contributed by atoms with E-state index in [-0.39, 0.29) is 11.4 Å². The topological polar surface area (TPSA) is 43.1 Å². The van der Waals surface area contributed by atoms with Crippen LogP contribution in [-0.4, -0.2) is 4.21 Å². The summed E-state index contributed by atoms with van der Waals surface area (Å²) in [6, 6.07) is 11.9. The van der Waals surface area contributed by atoms with Gasteiger partial charge >= 0.3 is 0 Å². The van der Waals surface area contributed by atoms with Crippen molar-refractivity contribution in [2.45, 2.75) is 10.6 Å². The summed E-state index contributed by atoms with van der Waals surface area (Å²) in [5, 5.41) is 0. The Hall–Kier alpha value is -1.20. The zero-order valence-corrected chi connectivity index (χ0v) is 11.8. The Bertz CT molecular complexity index is 603. The number of nitrogen functional groups attached to an aromatic ring is 1. The van der Waals surface area contributed by atoms with Crippen molar-refractivity contribution in [3.05, 3.63) is 58.3 Å². The van der Waals surface area contributed by atoms with Crippen LogP contribution in [0.25, 0.3) is 0 Å². The molecule has 2 aromatic rings. The van der Waals surface area contributed by atoms with Crippen LogP contribution in [0.3, 0.4) is 0 Å². The van der Waals surface area contributed by atoms with Gasteiger partial charge in [0.15, 0.2) is 0 Å². The van der Waals surface area contributed by atoms with E-state index in [0.717, 1.165) is 4.47 Å². The van der Waals surface area contributed by atoms with Crippen LogP contribution in [0.2, 0.25) is 0 Å². The Morgan fingerprint density at radius 1 is 1.17 bits per heavy atom. The van der Waals surface area contributed by atoms with Gasteiger partial charge < -0.3 is 5.73 Å². The standard InChI is InChI=1S/C13H11BrFNOS/c14-10-5-1-2-7-12(10)18(17)8-9-4-3-6-11(16)13(9)15/h1-7H,8,16H2. The molecule has 0 aliphatic rings. The van der Waals surface area contributed by atoms with Crippen LogP contribution in [-0.2, 0) is 16.6 Å². The van der Waals surface area contributed by atoms with Crippen molar-refractivity contribution in [1.29, 1.82) is 0 Å². The smallest absolute Gasteiger partial charge is 0.150 e. The maximum absolute atomic E-state index is 13.7. The normalized spacial score (nSPS) is 12.3. The van der Waals surface area contributed by atoms with Gasteiger partial charge in [-0.05, 0) is 34.1 Å². The van der Waals surface area contributed by atoms with Crippen LogP contribution in [0.5, 0.6) is 0 Å². The first-order chi connectivity index (χ1) is 8.59. The zero-order valence-electron chi connectivity index (χ0n) is 9.40.